The van der Waals surface area contributed by atoms with Gasteiger partial charge >= 0.3 is 0 Å². The van der Waals surface area contributed by atoms with Gasteiger partial charge in [0.2, 0.25) is 0 Å². The van der Waals surface area contributed by atoms with Gasteiger partial charge in [0, 0.05) is 10.5 Å². The number of nitrogens with zero attached hydrogens (tertiary/aromatic N) is 2. The molecule has 108 valence electrons. The van der Waals surface area contributed by atoms with Crippen molar-refractivity contribution in [2.24, 2.45) is 5.84 Å². The second-order valence-corrected chi connectivity index (χ2v) is 5.94. The molecule has 3 N–H and O–H groups in total. The minimum Gasteiger partial charge on any atom is -0.271 e. The molecule has 7 heteroatoms. The lowest BCUT2D eigenvalue weighted by Gasteiger charge is -2.21. The molecule has 2 aromatic rings. The lowest BCUT2D eigenvalue weighted by Crippen LogP contribution is -2.31. The Balaban J connectivity index is 2.58. The summed E-state index contributed by atoms with van der Waals surface area (Å²) in [5.41, 5.74) is 4.05. The molecule has 0 fully saturated rings. The van der Waals surface area contributed by atoms with Crippen molar-refractivity contribution in [1.82, 2.24) is 15.2 Å². The lowest BCUT2D eigenvalue weighted by molar-refractivity contribution is 0.475. The molecule has 1 aromatic carbocycles. The number of halogens is 3. The maximum Gasteiger partial charge on any atom is 0.123 e. The summed E-state index contributed by atoms with van der Waals surface area (Å²) in [4.78, 5) is 0. The average molecular weight is 362 g/mol. The van der Waals surface area contributed by atoms with Gasteiger partial charge in [0.1, 0.15) is 5.82 Å². The summed E-state index contributed by atoms with van der Waals surface area (Å²) < 4.78 is 16.0. The molecular weight excluding hydrogens is 347 g/mol. The number of hydrogen-bond acceptors (Lipinski definition) is 3. The molecule has 1 atom stereocenters. The van der Waals surface area contributed by atoms with Gasteiger partial charge in [-0.3, -0.25) is 10.5 Å². The van der Waals surface area contributed by atoms with Crippen LogP contribution in [-0.2, 0) is 0 Å². The predicted octanol–water partition coefficient (Wildman–Crippen LogP) is 3.57. The Labute approximate surface area is 130 Å². The van der Waals surface area contributed by atoms with Crippen molar-refractivity contribution in [2.75, 3.05) is 0 Å². The quantitative estimate of drug-likeness (QED) is 0.646. The van der Waals surface area contributed by atoms with Crippen LogP contribution < -0.4 is 11.3 Å². The largest absolute Gasteiger partial charge is 0.271 e. The van der Waals surface area contributed by atoms with Crippen molar-refractivity contribution in [3.05, 3.63) is 51.0 Å². The topological polar surface area (TPSA) is 55.9 Å². The van der Waals surface area contributed by atoms with Crippen LogP contribution >= 0.6 is 27.5 Å². The van der Waals surface area contributed by atoms with Gasteiger partial charge in [-0.2, -0.15) is 5.10 Å². The smallest absolute Gasteiger partial charge is 0.123 e. The fourth-order valence-corrected chi connectivity index (χ4v) is 2.80. The third kappa shape index (κ3) is 2.88. The zero-order valence-corrected chi connectivity index (χ0v) is 13.4. The normalized spacial score (nSPS) is 12.9. The first-order valence-electron chi connectivity index (χ1n) is 6.09. The van der Waals surface area contributed by atoms with Gasteiger partial charge in [-0.25, -0.2) is 9.82 Å². The summed E-state index contributed by atoms with van der Waals surface area (Å²) in [6.45, 7) is 3.97. The summed E-state index contributed by atoms with van der Waals surface area (Å²) in [6, 6.07) is 4.09. The summed E-state index contributed by atoms with van der Waals surface area (Å²) >= 11 is 9.63. The van der Waals surface area contributed by atoms with Crippen molar-refractivity contribution in [3.63, 3.8) is 0 Å². The van der Waals surface area contributed by atoms with Gasteiger partial charge in [0.05, 0.1) is 23.0 Å². The molecule has 0 radical (unpaired) electrons. The van der Waals surface area contributed by atoms with E-state index in [0.29, 0.717) is 16.3 Å². The van der Waals surface area contributed by atoms with E-state index in [-0.39, 0.29) is 11.9 Å². The van der Waals surface area contributed by atoms with Gasteiger partial charge in [0.15, 0.2) is 0 Å². The van der Waals surface area contributed by atoms with E-state index in [2.05, 4.69) is 26.5 Å². The van der Waals surface area contributed by atoms with E-state index < -0.39 is 6.04 Å². The third-order valence-electron chi connectivity index (χ3n) is 2.99. The van der Waals surface area contributed by atoms with Crippen LogP contribution in [0.25, 0.3) is 0 Å². The van der Waals surface area contributed by atoms with E-state index in [1.165, 1.54) is 12.1 Å². The predicted molar refractivity (Wildman–Crippen MR) is 80.9 cm³/mol. The second kappa shape index (κ2) is 6.22. The Morgan fingerprint density at radius 3 is 2.75 bits per heavy atom. The van der Waals surface area contributed by atoms with Gasteiger partial charge in [-0.05, 0) is 37.6 Å². The number of rotatable bonds is 4. The number of hydrogen-bond donors (Lipinski definition) is 2. The lowest BCUT2D eigenvalue weighted by atomic mass is 10.0. The molecule has 0 aliphatic heterocycles. The molecule has 0 saturated heterocycles. The summed E-state index contributed by atoms with van der Waals surface area (Å²) in [6.07, 6.45) is 1.56. The van der Waals surface area contributed by atoms with Crippen LogP contribution in [0.3, 0.4) is 0 Å². The fraction of sp³-hybridized carbons (Fsp3) is 0.308. The summed E-state index contributed by atoms with van der Waals surface area (Å²) in [7, 11) is 0. The first-order valence-corrected chi connectivity index (χ1v) is 7.26. The number of benzene rings is 1. The van der Waals surface area contributed by atoms with E-state index in [4.69, 9.17) is 17.4 Å². The molecule has 1 unspecified atom stereocenters. The molecule has 0 saturated carbocycles. The molecule has 0 aliphatic rings. The molecule has 1 heterocycles. The average Bonchev–Trinajstić information content (AvgIpc) is 2.77. The minimum absolute atomic E-state index is 0.112. The third-order valence-corrected chi connectivity index (χ3v) is 4.00. The molecule has 4 nitrogen and oxygen atoms in total. The zero-order valence-electron chi connectivity index (χ0n) is 11.1. The molecule has 0 amide bonds. The molecule has 1 aromatic heterocycles. The van der Waals surface area contributed by atoms with Gasteiger partial charge in [-0.15, -0.1) is 0 Å². The van der Waals surface area contributed by atoms with Crippen LogP contribution in [0.2, 0.25) is 5.02 Å². The van der Waals surface area contributed by atoms with Crippen LogP contribution in [-0.4, -0.2) is 9.78 Å². The van der Waals surface area contributed by atoms with Gasteiger partial charge in [-0.1, -0.05) is 27.5 Å². The highest BCUT2D eigenvalue weighted by atomic mass is 79.9. The highest BCUT2D eigenvalue weighted by Gasteiger charge is 2.24. The van der Waals surface area contributed by atoms with E-state index in [1.807, 2.05) is 13.8 Å². The zero-order chi connectivity index (χ0) is 14.9. The van der Waals surface area contributed by atoms with Crippen molar-refractivity contribution in [3.8, 4) is 0 Å². The summed E-state index contributed by atoms with van der Waals surface area (Å²) in [5.74, 6) is 5.32. The second-order valence-electron chi connectivity index (χ2n) is 4.68. The van der Waals surface area contributed by atoms with E-state index in [1.54, 1.807) is 16.9 Å². The van der Waals surface area contributed by atoms with E-state index in [9.17, 15) is 4.39 Å². The van der Waals surface area contributed by atoms with Crippen LogP contribution in [0.15, 0.2) is 28.9 Å². The van der Waals surface area contributed by atoms with Gasteiger partial charge < -0.3 is 0 Å². The van der Waals surface area contributed by atoms with Crippen LogP contribution in [0.5, 0.6) is 0 Å². The van der Waals surface area contributed by atoms with Crippen LogP contribution in [0.1, 0.15) is 37.2 Å². The van der Waals surface area contributed by atoms with Crippen molar-refractivity contribution in [2.45, 2.75) is 25.9 Å². The highest BCUT2D eigenvalue weighted by molar-refractivity contribution is 9.10. The molecule has 0 aliphatic carbocycles. The Hall–Kier alpha value is -0.950. The molecule has 0 spiro atoms. The molecular formula is C13H15BrClFN4. The Morgan fingerprint density at radius 2 is 2.15 bits per heavy atom. The van der Waals surface area contributed by atoms with E-state index >= 15 is 0 Å². The maximum atomic E-state index is 13.5. The molecule has 0 bridgehead atoms. The number of nitrogens with one attached hydrogen (secondary N) is 1. The number of aromatic nitrogens is 2. The standard InChI is InChI=1S/C13H15BrClFN4/c1-7(2)20-13(11(15)6-18-20)12(19-17)9-5-8(16)3-4-10(9)14/h3-7,12,19H,17H2,1-2H3. The van der Waals surface area contributed by atoms with Crippen LogP contribution in [0, 0.1) is 5.82 Å². The molecule has 20 heavy (non-hydrogen) atoms. The van der Waals surface area contributed by atoms with Crippen LogP contribution in [0.4, 0.5) is 4.39 Å². The van der Waals surface area contributed by atoms with Crippen molar-refractivity contribution >= 4 is 27.5 Å². The Kier molecular flexibility index (Phi) is 4.80. The van der Waals surface area contributed by atoms with Crippen molar-refractivity contribution in [1.29, 1.82) is 0 Å². The number of hydrazine groups is 1. The first kappa shape index (κ1) is 15.4. The van der Waals surface area contributed by atoms with E-state index in [0.717, 1.165) is 4.47 Å². The number of nitrogens with two attached hydrogens (primary N) is 1. The minimum atomic E-state index is -0.461. The fourth-order valence-electron chi connectivity index (χ4n) is 2.08. The first-order chi connectivity index (χ1) is 9.45. The highest BCUT2D eigenvalue weighted by Crippen LogP contribution is 2.33. The van der Waals surface area contributed by atoms with Gasteiger partial charge in [0.25, 0.3) is 0 Å². The Morgan fingerprint density at radius 1 is 1.45 bits per heavy atom. The molecule has 2 rings (SSSR count). The Bertz CT molecular complexity index is 614. The maximum absolute atomic E-state index is 13.5. The monoisotopic (exact) mass is 360 g/mol. The van der Waals surface area contributed by atoms with Crippen molar-refractivity contribution < 1.29 is 4.39 Å². The SMILES string of the molecule is CC(C)n1ncc(Cl)c1C(NN)c1cc(F)ccc1Br. The summed E-state index contributed by atoms with van der Waals surface area (Å²) in [5, 5.41) is 4.73.